The fourth-order valence-electron chi connectivity index (χ4n) is 3.70. The molecule has 6 heteroatoms. The van der Waals surface area contributed by atoms with Gasteiger partial charge in [0.2, 0.25) is 0 Å². The van der Waals surface area contributed by atoms with E-state index in [9.17, 15) is 9.59 Å². The smallest absolute Gasteiger partial charge is 0.277 e. The lowest BCUT2D eigenvalue weighted by Gasteiger charge is -2.33. The second-order valence-electron chi connectivity index (χ2n) is 7.16. The average Bonchev–Trinajstić information content (AvgIpc) is 2.84. The van der Waals surface area contributed by atoms with Gasteiger partial charge in [0, 0.05) is 30.2 Å². The van der Waals surface area contributed by atoms with Crippen LogP contribution in [0, 0.1) is 5.92 Å². The first-order valence-electron chi connectivity index (χ1n) is 9.24. The maximum atomic E-state index is 13.1. The third-order valence-corrected chi connectivity index (χ3v) is 5.60. The molecule has 0 saturated carbocycles. The molecule has 1 unspecified atom stereocenters. The number of hydrogen-bond acceptors (Lipinski definition) is 3. The summed E-state index contributed by atoms with van der Waals surface area (Å²) < 4.78 is 0. The minimum atomic E-state index is -0.249. The van der Waals surface area contributed by atoms with Crippen molar-refractivity contribution >= 4 is 40.6 Å². The molecule has 1 aromatic carbocycles. The first-order chi connectivity index (χ1) is 12.4. The lowest BCUT2D eigenvalue weighted by atomic mass is 9.97. The Morgan fingerprint density at radius 2 is 1.96 bits per heavy atom. The highest BCUT2D eigenvalue weighted by Gasteiger charge is 2.42. The van der Waals surface area contributed by atoms with Crippen LogP contribution in [0.25, 0.3) is 5.57 Å². The monoisotopic (exact) mass is 394 g/mol. The number of imide groups is 1. The van der Waals surface area contributed by atoms with Crippen LogP contribution in [-0.4, -0.2) is 41.2 Å². The number of carbonyl (C=O) groups is 2. The quantitative estimate of drug-likeness (QED) is 0.684. The van der Waals surface area contributed by atoms with Gasteiger partial charge in [-0.3, -0.25) is 14.5 Å². The minimum absolute atomic E-state index is 0.196. The van der Waals surface area contributed by atoms with Crippen molar-refractivity contribution in [1.29, 1.82) is 0 Å². The van der Waals surface area contributed by atoms with Gasteiger partial charge in [-0.15, -0.1) is 0 Å². The van der Waals surface area contributed by atoms with E-state index in [-0.39, 0.29) is 11.8 Å². The third kappa shape index (κ3) is 3.63. The van der Waals surface area contributed by atoms with Gasteiger partial charge < -0.3 is 4.90 Å². The van der Waals surface area contributed by atoms with Gasteiger partial charge >= 0.3 is 0 Å². The Kier molecular flexibility index (Phi) is 5.93. The summed E-state index contributed by atoms with van der Waals surface area (Å²) in [6.45, 7) is 6.23. The number of rotatable bonds is 5. The molecule has 0 bridgehead atoms. The summed E-state index contributed by atoms with van der Waals surface area (Å²) in [6.07, 6.45) is 3.87. The molecule has 140 valence electrons. The lowest BCUT2D eigenvalue weighted by molar-refractivity contribution is -0.137. The van der Waals surface area contributed by atoms with Gasteiger partial charge in [0.1, 0.15) is 5.70 Å². The Morgan fingerprint density at radius 3 is 2.62 bits per heavy atom. The van der Waals surface area contributed by atoms with Crippen molar-refractivity contribution in [3.8, 4) is 0 Å². The molecule has 0 N–H and O–H groups in total. The highest BCUT2D eigenvalue weighted by molar-refractivity contribution is 6.41. The summed E-state index contributed by atoms with van der Waals surface area (Å²) >= 11 is 12.4. The Morgan fingerprint density at radius 1 is 1.19 bits per heavy atom. The summed E-state index contributed by atoms with van der Waals surface area (Å²) in [5.74, 6) is 0.0465. The van der Waals surface area contributed by atoms with Crippen LogP contribution in [-0.2, 0) is 9.59 Å². The van der Waals surface area contributed by atoms with Gasteiger partial charge in [0.05, 0.1) is 10.6 Å². The number of carbonyl (C=O) groups excluding carboxylic acids is 2. The summed E-state index contributed by atoms with van der Waals surface area (Å²) in [7, 11) is 0. The lowest BCUT2D eigenvalue weighted by Crippen LogP contribution is -2.39. The maximum Gasteiger partial charge on any atom is 0.277 e. The predicted molar refractivity (Wildman–Crippen MR) is 105 cm³/mol. The van der Waals surface area contributed by atoms with E-state index in [2.05, 4.69) is 11.8 Å². The van der Waals surface area contributed by atoms with Crippen LogP contribution in [0.5, 0.6) is 0 Å². The zero-order valence-electron chi connectivity index (χ0n) is 15.2. The van der Waals surface area contributed by atoms with Crippen molar-refractivity contribution in [2.24, 2.45) is 5.92 Å². The molecule has 1 atom stereocenters. The number of piperidine rings is 1. The molecule has 26 heavy (non-hydrogen) atoms. The number of benzene rings is 1. The Bertz CT molecular complexity index is 760. The number of amides is 2. The Hall–Kier alpha value is -1.52. The summed E-state index contributed by atoms with van der Waals surface area (Å²) in [6, 6.07) is 5.06. The van der Waals surface area contributed by atoms with Crippen LogP contribution in [0.3, 0.4) is 0 Å². The summed E-state index contributed by atoms with van der Waals surface area (Å²) in [4.78, 5) is 29.7. The van der Waals surface area contributed by atoms with Crippen molar-refractivity contribution in [2.45, 2.75) is 39.5 Å². The van der Waals surface area contributed by atoms with Crippen molar-refractivity contribution in [1.82, 2.24) is 9.80 Å². The van der Waals surface area contributed by atoms with E-state index < -0.39 is 0 Å². The van der Waals surface area contributed by atoms with E-state index in [1.807, 2.05) is 6.92 Å². The zero-order valence-corrected chi connectivity index (χ0v) is 16.7. The topological polar surface area (TPSA) is 40.6 Å². The zero-order chi connectivity index (χ0) is 18.8. The van der Waals surface area contributed by atoms with Gasteiger partial charge in [0.25, 0.3) is 11.8 Å². The van der Waals surface area contributed by atoms with Gasteiger partial charge in [-0.25, -0.2) is 0 Å². The van der Waals surface area contributed by atoms with Crippen LogP contribution < -0.4 is 0 Å². The fourth-order valence-corrected chi connectivity index (χ4v) is 4.21. The molecule has 4 nitrogen and oxygen atoms in total. The normalized spacial score (nSPS) is 21.2. The fraction of sp³-hybridized carbons (Fsp3) is 0.500. The molecule has 0 aliphatic carbocycles. The standard InChI is InChI=1S/C20H24Cl2N2O2/c1-3-4-10-24-19(25)17(15-8-7-14(21)11-16(15)22)18(20(24)26)23-9-5-6-13(2)12-23/h7-8,11,13H,3-6,9-10,12H2,1-2H3. The Balaban J connectivity index is 2.08. The van der Waals surface area contributed by atoms with Crippen LogP contribution in [0.2, 0.25) is 10.0 Å². The first kappa shape index (κ1) is 19.2. The maximum absolute atomic E-state index is 13.1. The van der Waals surface area contributed by atoms with Crippen molar-refractivity contribution < 1.29 is 9.59 Å². The van der Waals surface area contributed by atoms with Gasteiger partial charge in [-0.1, -0.05) is 49.5 Å². The van der Waals surface area contributed by atoms with E-state index in [1.54, 1.807) is 18.2 Å². The van der Waals surface area contributed by atoms with E-state index in [0.29, 0.717) is 39.3 Å². The average molecular weight is 395 g/mol. The van der Waals surface area contributed by atoms with Crippen LogP contribution >= 0.6 is 23.2 Å². The Labute approximate surface area is 164 Å². The van der Waals surface area contributed by atoms with Crippen LogP contribution in [0.1, 0.15) is 45.1 Å². The van der Waals surface area contributed by atoms with Crippen molar-refractivity contribution in [3.05, 3.63) is 39.5 Å². The second-order valence-corrected chi connectivity index (χ2v) is 8.00. The van der Waals surface area contributed by atoms with Gasteiger partial charge in [-0.05, 0) is 37.3 Å². The number of halogens is 2. The van der Waals surface area contributed by atoms with E-state index in [4.69, 9.17) is 23.2 Å². The molecule has 0 radical (unpaired) electrons. The molecule has 2 aliphatic heterocycles. The first-order valence-corrected chi connectivity index (χ1v) is 10.0. The molecule has 1 aromatic rings. The molecular formula is C20H24Cl2N2O2. The molecule has 0 aromatic heterocycles. The number of likely N-dealkylation sites (tertiary alicyclic amines) is 1. The van der Waals surface area contributed by atoms with Crippen LogP contribution in [0.4, 0.5) is 0 Å². The van der Waals surface area contributed by atoms with E-state index >= 15 is 0 Å². The number of nitrogens with zero attached hydrogens (tertiary/aromatic N) is 2. The van der Waals surface area contributed by atoms with Crippen molar-refractivity contribution in [3.63, 3.8) is 0 Å². The SMILES string of the molecule is CCCCN1C(=O)C(c2ccc(Cl)cc2Cl)=C(N2CCCC(C)C2)C1=O. The van der Waals surface area contributed by atoms with Crippen molar-refractivity contribution in [2.75, 3.05) is 19.6 Å². The summed E-state index contributed by atoms with van der Waals surface area (Å²) in [5.41, 5.74) is 1.50. The van der Waals surface area contributed by atoms with Gasteiger partial charge in [0.15, 0.2) is 0 Å². The largest absolute Gasteiger partial charge is 0.366 e. The van der Waals surface area contributed by atoms with E-state index in [1.165, 1.54) is 4.90 Å². The molecular weight excluding hydrogens is 371 g/mol. The second kappa shape index (κ2) is 8.01. The molecule has 1 fully saturated rings. The number of hydrogen-bond donors (Lipinski definition) is 0. The highest BCUT2D eigenvalue weighted by atomic mass is 35.5. The highest BCUT2D eigenvalue weighted by Crippen LogP contribution is 2.37. The molecule has 0 spiro atoms. The molecule has 2 aliphatic rings. The predicted octanol–water partition coefficient (Wildman–Crippen LogP) is 4.61. The minimum Gasteiger partial charge on any atom is -0.366 e. The molecule has 2 heterocycles. The molecule has 3 rings (SSSR count). The molecule has 1 saturated heterocycles. The third-order valence-electron chi connectivity index (χ3n) is 5.05. The van der Waals surface area contributed by atoms with Crippen LogP contribution in [0.15, 0.2) is 23.9 Å². The van der Waals surface area contributed by atoms with Gasteiger partial charge in [-0.2, -0.15) is 0 Å². The molecule has 2 amide bonds. The number of unbranched alkanes of at least 4 members (excludes halogenated alkanes) is 1. The summed E-state index contributed by atoms with van der Waals surface area (Å²) in [5, 5.41) is 0.903. The van der Waals surface area contributed by atoms with E-state index in [0.717, 1.165) is 38.8 Å².